The molecule has 0 fully saturated rings. The molecule has 0 spiro atoms. The molecule has 2 aromatic carbocycles. The van der Waals surface area contributed by atoms with Gasteiger partial charge in [0.2, 0.25) is 0 Å². The number of benzene rings is 2. The zero-order valence-corrected chi connectivity index (χ0v) is 12.8. The van der Waals surface area contributed by atoms with Crippen molar-refractivity contribution in [2.45, 2.75) is 6.92 Å². The number of aromatic amines is 1. The summed E-state index contributed by atoms with van der Waals surface area (Å²) in [7, 11) is 1.62. The van der Waals surface area contributed by atoms with E-state index in [-0.39, 0.29) is 5.56 Å². The average molecular weight is 305 g/mol. The number of hydrogen-bond donors (Lipinski definition) is 1. The summed E-state index contributed by atoms with van der Waals surface area (Å²) in [6.07, 6.45) is 1.63. The minimum Gasteiger partial charge on any atom is -0.497 e. The molecule has 0 aliphatic heterocycles. The van der Waals surface area contributed by atoms with Crippen LogP contribution in [0.4, 0.5) is 0 Å². The fourth-order valence-corrected chi connectivity index (χ4v) is 2.79. The highest BCUT2D eigenvalue weighted by Crippen LogP contribution is 2.22. The molecule has 0 saturated heterocycles. The fraction of sp³-hybridized carbons (Fsp3) is 0.111. The largest absolute Gasteiger partial charge is 0.497 e. The van der Waals surface area contributed by atoms with Crippen molar-refractivity contribution in [2.24, 2.45) is 0 Å². The molecular weight excluding hydrogens is 290 g/mol. The number of ether oxygens (including phenoxy) is 1. The number of aromatic nitrogens is 3. The standard InChI is InChI=1S/C18H15N3O2/c1-11-3-8-16-14(9-11)17-15(10-19-16)18(22)21(20-17)12-4-6-13(23-2)7-5-12/h3-10,20H,1-2H3. The van der Waals surface area contributed by atoms with Crippen molar-refractivity contribution in [1.29, 1.82) is 0 Å². The van der Waals surface area contributed by atoms with Gasteiger partial charge in [-0.15, -0.1) is 0 Å². The monoisotopic (exact) mass is 305 g/mol. The summed E-state index contributed by atoms with van der Waals surface area (Å²) >= 11 is 0. The van der Waals surface area contributed by atoms with E-state index in [1.54, 1.807) is 13.3 Å². The molecule has 0 radical (unpaired) electrons. The molecule has 2 heterocycles. The Morgan fingerprint density at radius 2 is 1.87 bits per heavy atom. The van der Waals surface area contributed by atoms with Crippen LogP contribution < -0.4 is 10.3 Å². The third kappa shape index (κ3) is 2.09. The first-order chi connectivity index (χ1) is 11.2. The molecule has 23 heavy (non-hydrogen) atoms. The van der Waals surface area contributed by atoms with Crippen LogP contribution in [0.5, 0.6) is 5.75 Å². The van der Waals surface area contributed by atoms with Crippen molar-refractivity contribution < 1.29 is 4.74 Å². The van der Waals surface area contributed by atoms with Gasteiger partial charge >= 0.3 is 0 Å². The van der Waals surface area contributed by atoms with E-state index in [0.717, 1.165) is 33.4 Å². The Labute approximate surface area is 132 Å². The van der Waals surface area contributed by atoms with Crippen molar-refractivity contribution in [3.63, 3.8) is 0 Å². The van der Waals surface area contributed by atoms with Gasteiger partial charge in [-0.1, -0.05) is 11.6 Å². The third-order valence-electron chi connectivity index (χ3n) is 4.01. The second-order valence-corrected chi connectivity index (χ2v) is 5.52. The fourth-order valence-electron chi connectivity index (χ4n) is 2.79. The van der Waals surface area contributed by atoms with E-state index in [2.05, 4.69) is 10.1 Å². The Kier molecular flexibility index (Phi) is 2.94. The Morgan fingerprint density at radius 1 is 1.09 bits per heavy atom. The first-order valence-corrected chi connectivity index (χ1v) is 7.32. The zero-order valence-electron chi connectivity index (χ0n) is 12.8. The molecule has 0 saturated carbocycles. The Bertz CT molecular complexity index is 1080. The molecule has 4 rings (SSSR count). The minimum absolute atomic E-state index is 0.110. The van der Waals surface area contributed by atoms with Crippen LogP contribution in [0.25, 0.3) is 27.5 Å². The van der Waals surface area contributed by atoms with E-state index in [9.17, 15) is 4.79 Å². The van der Waals surface area contributed by atoms with E-state index in [1.165, 1.54) is 4.68 Å². The lowest BCUT2D eigenvalue weighted by molar-refractivity contribution is 0.414. The normalized spacial score (nSPS) is 11.2. The number of fused-ring (bicyclic) bond motifs is 3. The maximum atomic E-state index is 12.7. The van der Waals surface area contributed by atoms with E-state index in [4.69, 9.17) is 4.74 Å². The summed E-state index contributed by atoms with van der Waals surface area (Å²) in [6.45, 7) is 2.02. The van der Waals surface area contributed by atoms with Crippen LogP contribution >= 0.6 is 0 Å². The molecule has 0 aliphatic carbocycles. The van der Waals surface area contributed by atoms with Crippen LogP contribution in [0.2, 0.25) is 0 Å². The molecular formula is C18H15N3O2. The third-order valence-corrected chi connectivity index (χ3v) is 4.01. The van der Waals surface area contributed by atoms with Crippen LogP contribution in [0.1, 0.15) is 5.56 Å². The summed E-state index contributed by atoms with van der Waals surface area (Å²) in [5, 5.41) is 4.74. The number of hydrogen-bond acceptors (Lipinski definition) is 3. The highest BCUT2D eigenvalue weighted by Gasteiger charge is 2.12. The Balaban J connectivity index is 2.01. The maximum absolute atomic E-state index is 12.7. The Hall–Kier alpha value is -3.08. The minimum atomic E-state index is -0.110. The van der Waals surface area contributed by atoms with Gasteiger partial charge in [0.05, 0.1) is 29.2 Å². The SMILES string of the molecule is COc1ccc(-n2[nH]c3c(cnc4ccc(C)cc43)c2=O)cc1. The summed E-state index contributed by atoms with van der Waals surface area (Å²) in [5.41, 5.74) is 3.45. The van der Waals surface area contributed by atoms with Crippen molar-refractivity contribution in [3.05, 3.63) is 64.6 Å². The van der Waals surface area contributed by atoms with Crippen molar-refractivity contribution in [3.8, 4) is 11.4 Å². The molecule has 114 valence electrons. The van der Waals surface area contributed by atoms with E-state index < -0.39 is 0 Å². The lowest BCUT2D eigenvalue weighted by atomic mass is 10.1. The summed E-state index contributed by atoms with van der Waals surface area (Å²) in [4.78, 5) is 17.1. The van der Waals surface area contributed by atoms with Gasteiger partial charge in [-0.05, 0) is 43.3 Å². The molecule has 5 nitrogen and oxygen atoms in total. The Morgan fingerprint density at radius 3 is 2.61 bits per heavy atom. The van der Waals surface area contributed by atoms with Gasteiger partial charge < -0.3 is 4.74 Å². The lowest BCUT2D eigenvalue weighted by Gasteiger charge is -2.03. The zero-order chi connectivity index (χ0) is 16.0. The number of nitrogens with zero attached hydrogens (tertiary/aromatic N) is 2. The first-order valence-electron chi connectivity index (χ1n) is 7.32. The van der Waals surface area contributed by atoms with Crippen LogP contribution in [0, 0.1) is 6.92 Å². The topological polar surface area (TPSA) is 59.9 Å². The van der Waals surface area contributed by atoms with Gasteiger partial charge in [-0.2, -0.15) is 0 Å². The number of aryl methyl sites for hydroxylation is 1. The van der Waals surface area contributed by atoms with Crippen LogP contribution in [0.15, 0.2) is 53.5 Å². The molecule has 0 bridgehead atoms. The van der Waals surface area contributed by atoms with Gasteiger partial charge in [-0.3, -0.25) is 14.9 Å². The predicted molar refractivity (Wildman–Crippen MR) is 90.5 cm³/mol. The highest BCUT2D eigenvalue weighted by molar-refractivity contribution is 6.02. The van der Waals surface area contributed by atoms with Gasteiger partial charge in [0.1, 0.15) is 5.75 Å². The number of nitrogens with one attached hydrogen (secondary N) is 1. The molecule has 0 aliphatic rings. The van der Waals surface area contributed by atoms with Gasteiger partial charge in [0.15, 0.2) is 0 Å². The number of H-pyrrole nitrogens is 1. The lowest BCUT2D eigenvalue weighted by Crippen LogP contribution is -2.14. The summed E-state index contributed by atoms with van der Waals surface area (Å²) in [5.74, 6) is 0.751. The quantitative estimate of drug-likeness (QED) is 0.619. The molecule has 1 N–H and O–H groups in total. The maximum Gasteiger partial charge on any atom is 0.280 e. The summed E-state index contributed by atoms with van der Waals surface area (Å²) in [6, 6.07) is 13.4. The predicted octanol–water partition coefficient (Wildman–Crippen LogP) is 3.18. The van der Waals surface area contributed by atoms with Crippen LogP contribution in [-0.2, 0) is 0 Å². The van der Waals surface area contributed by atoms with Crippen molar-refractivity contribution in [2.75, 3.05) is 7.11 Å². The van der Waals surface area contributed by atoms with Crippen LogP contribution in [-0.4, -0.2) is 21.9 Å². The molecule has 0 unspecified atom stereocenters. The average Bonchev–Trinajstić information content (AvgIpc) is 2.92. The second-order valence-electron chi connectivity index (χ2n) is 5.52. The van der Waals surface area contributed by atoms with Crippen molar-refractivity contribution in [1.82, 2.24) is 14.8 Å². The van der Waals surface area contributed by atoms with E-state index >= 15 is 0 Å². The number of methoxy groups -OCH3 is 1. The molecule has 2 aromatic heterocycles. The van der Waals surface area contributed by atoms with Gasteiger partial charge in [0.25, 0.3) is 5.56 Å². The molecule has 4 aromatic rings. The molecule has 5 heteroatoms. The van der Waals surface area contributed by atoms with Gasteiger partial charge in [-0.25, -0.2) is 4.68 Å². The van der Waals surface area contributed by atoms with Crippen molar-refractivity contribution >= 4 is 21.8 Å². The highest BCUT2D eigenvalue weighted by atomic mass is 16.5. The smallest absolute Gasteiger partial charge is 0.280 e. The number of pyridine rings is 1. The summed E-state index contributed by atoms with van der Waals surface area (Å²) < 4.78 is 6.69. The van der Waals surface area contributed by atoms with Crippen LogP contribution in [0.3, 0.4) is 0 Å². The first kappa shape index (κ1) is 13.6. The molecule has 0 amide bonds. The number of rotatable bonds is 2. The molecule has 0 atom stereocenters. The van der Waals surface area contributed by atoms with E-state index in [1.807, 2.05) is 49.4 Å². The van der Waals surface area contributed by atoms with Gasteiger partial charge in [0, 0.05) is 11.6 Å². The van der Waals surface area contributed by atoms with E-state index in [0.29, 0.717) is 5.39 Å². The second kappa shape index (κ2) is 4.98.